The highest BCUT2D eigenvalue weighted by Crippen LogP contribution is 2.15. The molecule has 0 aliphatic rings. The van der Waals surface area contributed by atoms with Crippen molar-refractivity contribution in [3.8, 4) is 0 Å². The molecule has 0 saturated carbocycles. The Morgan fingerprint density at radius 3 is 1.38 bits per heavy atom. The van der Waals surface area contributed by atoms with Gasteiger partial charge >= 0.3 is 6.16 Å². The fraction of sp³-hybridized carbons (Fsp3) is 0.615. The minimum Gasteiger partial charge on any atom is -0.403 e. The van der Waals surface area contributed by atoms with Crippen LogP contribution in [-0.4, -0.2) is 6.16 Å². The Balaban J connectivity index is 3.94. The van der Waals surface area contributed by atoms with Gasteiger partial charge in [0.05, 0.1) is 12.5 Å². The summed E-state index contributed by atoms with van der Waals surface area (Å²) in [5, 5.41) is 0. The monoisotopic (exact) mass is 226 g/mol. The molecule has 0 aliphatic carbocycles. The van der Waals surface area contributed by atoms with Gasteiger partial charge in [0.15, 0.2) is 0 Å². The molecule has 3 heteroatoms. The minimum atomic E-state index is -0.721. The first-order valence-electron chi connectivity index (χ1n) is 5.33. The van der Waals surface area contributed by atoms with Gasteiger partial charge in [-0.15, -0.1) is 0 Å². The summed E-state index contributed by atoms with van der Waals surface area (Å²) in [6.45, 7) is 12.1. The molecule has 0 N–H and O–H groups in total. The predicted octanol–water partition coefficient (Wildman–Crippen LogP) is 4.26. The second-order valence-electron chi connectivity index (χ2n) is 5.82. The number of hydrogen-bond donors (Lipinski definition) is 0. The maximum Gasteiger partial charge on any atom is 0.518 e. The minimum absolute atomic E-state index is 0.0124. The SMILES string of the molecule is CC(C)(C)/C=C/OC(=O)O/C=C/C(C)(C)C. The molecule has 16 heavy (non-hydrogen) atoms. The van der Waals surface area contributed by atoms with Crippen LogP contribution in [-0.2, 0) is 9.47 Å². The summed E-state index contributed by atoms with van der Waals surface area (Å²) in [6, 6.07) is 0. The Bertz CT molecular complexity index is 247. The number of allylic oxidation sites excluding steroid dienone is 2. The molecule has 0 bridgehead atoms. The van der Waals surface area contributed by atoms with Crippen LogP contribution in [0.4, 0.5) is 4.79 Å². The molecule has 0 aromatic heterocycles. The maximum absolute atomic E-state index is 11.1. The Kier molecular flexibility index (Phi) is 5.28. The molecule has 0 spiro atoms. The highest BCUT2D eigenvalue weighted by molar-refractivity contribution is 5.61. The topological polar surface area (TPSA) is 35.5 Å². The van der Waals surface area contributed by atoms with Crippen LogP contribution in [0.25, 0.3) is 0 Å². The summed E-state index contributed by atoms with van der Waals surface area (Å²) in [4.78, 5) is 11.1. The molecule has 0 unspecified atom stereocenters. The van der Waals surface area contributed by atoms with Gasteiger partial charge in [-0.1, -0.05) is 41.5 Å². The maximum atomic E-state index is 11.1. The Morgan fingerprint density at radius 1 is 0.812 bits per heavy atom. The van der Waals surface area contributed by atoms with Crippen LogP contribution in [0.3, 0.4) is 0 Å². The molecule has 0 aromatic rings. The molecule has 0 fully saturated rings. The van der Waals surface area contributed by atoms with E-state index in [1.54, 1.807) is 12.2 Å². The Hall–Kier alpha value is -1.25. The van der Waals surface area contributed by atoms with Crippen molar-refractivity contribution in [3.63, 3.8) is 0 Å². The number of hydrogen-bond acceptors (Lipinski definition) is 3. The molecule has 0 heterocycles. The summed E-state index contributed by atoms with van der Waals surface area (Å²) in [7, 11) is 0. The van der Waals surface area contributed by atoms with E-state index in [1.807, 2.05) is 41.5 Å². The summed E-state index contributed by atoms with van der Waals surface area (Å²) in [6.07, 6.45) is 5.57. The van der Waals surface area contributed by atoms with Gasteiger partial charge in [-0.3, -0.25) is 0 Å². The van der Waals surface area contributed by atoms with Crippen molar-refractivity contribution in [1.29, 1.82) is 0 Å². The lowest BCUT2D eigenvalue weighted by Crippen LogP contribution is -2.04. The summed E-state index contributed by atoms with van der Waals surface area (Å²) >= 11 is 0. The van der Waals surface area contributed by atoms with E-state index in [4.69, 9.17) is 9.47 Å². The van der Waals surface area contributed by atoms with Crippen molar-refractivity contribution in [2.24, 2.45) is 10.8 Å². The van der Waals surface area contributed by atoms with Crippen LogP contribution in [0.15, 0.2) is 24.7 Å². The predicted molar refractivity (Wildman–Crippen MR) is 64.8 cm³/mol. The van der Waals surface area contributed by atoms with Crippen molar-refractivity contribution in [3.05, 3.63) is 24.7 Å². The quantitative estimate of drug-likeness (QED) is 0.521. The average Bonchev–Trinajstić information content (AvgIpc) is 1.98. The van der Waals surface area contributed by atoms with Gasteiger partial charge in [0.2, 0.25) is 0 Å². The number of rotatable bonds is 2. The van der Waals surface area contributed by atoms with Crippen molar-refractivity contribution in [2.45, 2.75) is 41.5 Å². The van der Waals surface area contributed by atoms with E-state index in [0.29, 0.717) is 0 Å². The fourth-order valence-electron chi connectivity index (χ4n) is 0.615. The number of ether oxygens (including phenoxy) is 2. The molecule has 0 atom stereocenters. The van der Waals surface area contributed by atoms with Crippen LogP contribution in [0.2, 0.25) is 0 Å². The second kappa shape index (κ2) is 5.73. The average molecular weight is 226 g/mol. The number of carbonyl (C=O) groups is 1. The largest absolute Gasteiger partial charge is 0.518 e. The Morgan fingerprint density at radius 2 is 1.12 bits per heavy atom. The third-order valence-electron chi connectivity index (χ3n) is 1.46. The molecule has 0 aliphatic heterocycles. The van der Waals surface area contributed by atoms with Crippen LogP contribution in [0.5, 0.6) is 0 Å². The van der Waals surface area contributed by atoms with E-state index in [0.717, 1.165) is 0 Å². The molecule has 3 nitrogen and oxygen atoms in total. The van der Waals surface area contributed by atoms with Crippen molar-refractivity contribution in [2.75, 3.05) is 0 Å². The summed E-state index contributed by atoms with van der Waals surface area (Å²) in [5.74, 6) is 0. The van der Waals surface area contributed by atoms with Gasteiger partial charge in [0.1, 0.15) is 0 Å². The third kappa shape index (κ3) is 10.8. The zero-order valence-electron chi connectivity index (χ0n) is 11.0. The first-order chi connectivity index (χ1) is 7.10. The lowest BCUT2D eigenvalue weighted by atomic mass is 9.97. The first kappa shape index (κ1) is 14.8. The van der Waals surface area contributed by atoms with Gasteiger partial charge in [-0.25, -0.2) is 4.79 Å². The number of carbonyl (C=O) groups excluding carboxylic acids is 1. The van der Waals surface area contributed by atoms with Crippen LogP contribution >= 0.6 is 0 Å². The molecule has 0 aromatic carbocycles. The third-order valence-corrected chi connectivity index (χ3v) is 1.46. The van der Waals surface area contributed by atoms with Gasteiger partial charge in [0, 0.05) is 0 Å². The normalized spacial score (nSPS) is 13.4. The van der Waals surface area contributed by atoms with Gasteiger partial charge < -0.3 is 9.47 Å². The van der Waals surface area contributed by atoms with Crippen LogP contribution in [0, 0.1) is 10.8 Å². The molecule has 0 rings (SSSR count). The highest BCUT2D eigenvalue weighted by atomic mass is 16.7. The van der Waals surface area contributed by atoms with E-state index in [-0.39, 0.29) is 10.8 Å². The summed E-state index contributed by atoms with van der Waals surface area (Å²) in [5.41, 5.74) is -0.0247. The van der Waals surface area contributed by atoms with E-state index in [2.05, 4.69) is 0 Å². The fourth-order valence-corrected chi connectivity index (χ4v) is 0.615. The molecule has 0 saturated heterocycles. The second-order valence-corrected chi connectivity index (χ2v) is 5.82. The standard InChI is InChI=1S/C13H22O3/c1-12(2,3)7-9-15-11(14)16-10-8-13(4,5)6/h7-10H,1-6H3/b9-7+,10-8+. The lowest BCUT2D eigenvalue weighted by Gasteiger charge is -2.11. The molecular weight excluding hydrogens is 204 g/mol. The van der Waals surface area contributed by atoms with Gasteiger partial charge in [0.25, 0.3) is 0 Å². The molecule has 92 valence electrons. The Labute approximate surface area is 98.1 Å². The molecule has 0 radical (unpaired) electrons. The molecular formula is C13H22O3. The van der Waals surface area contributed by atoms with Gasteiger partial charge in [-0.05, 0) is 23.0 Å². The van der Waals surface area contributed by atoms with Crippen molar-refractivity contribution >= 4 is 6.16 Å². The highest BCUT2D eigenvalue weighted by Gasteiger charge is 2.07. The molecule has 0 amide bonds. The van der Waals surface area contributed by atoms with Gasteiger partial charge in [-0.2, -0.15) is 0 Å². The van der Waals surface area contributed by atoms with Crippen LogP contribution < -0.4 is 0 Å². The lowest BCUT2D eigenvalue weighted by molar-refractivity contribution is 0.118. The zero-order valence-corrected chi connectivity index (χ0v) is 11.0. The smallest absolute Gasteiger partial charge is 0.403 e. The first-order valence-corrected chi connectivity index (χ1v) is 5.33. The van der Waals surface area contributed by atoms with Crippen molar-refractivity contribution < 1.29 is 14.3 Å². The summed E-state index contributed by atoms with van der Waals surface area (Å²) < 4.78 is 9.48. The van der Waals surface area contributed by atoms with Crippen molar-refractivity contribution in [1.82, 2.24) is 0 Å². The van der Waals surface area contributed by atoms with E-state index >= 15 is 0 Å². The van der Waals surface area contributed by atoms with Crippen LogP contribution in [0.1, 0.15) is 41.5 Å². The van der Waals surface area contributed by atoms with E-state index < -0.39 is 6.16 Å². The van der Waals surface area contributed by atoms with E-state index in [9.17, 15) is 4.79 Å². The zero-order chi connectivity index (χ0) is 12.8. The van der Waals surface area contributed by atoms with E-state index in [1.165, 1.54) is 12.5 Å².